The molecular formula is C26H67GeLi2N6Si4. The summed E-state index contributed by atoms with van der Waals surface area (Å²) in [6, 6.07) is 0. The molecule has 1 saturated heterocycles. The normalized spacial score (nSPS) is 17.6. The molecule has 0 aromatic rings. The number of hydrogen-bond donors (Lipinski definition) is 0. The molecule has 0 N–H and O–H groups in total. The maximum Gasteiger partial charge on any atom is 1.00 e. The third kappa shape index (κ3) is 27.6. The van der Waals surface area contributed by atoms with E-state index >= 15 is 0 Å². The number of hydrogen-bond acceptors (Lipinski definition) is 4. The van der Waals surface area contributed by atoms with E-state index < -0.39 is 48.8 Å². The Morgan fingerprint density at radius 3 is 1.23 bits per heavy atom. The second kappa shape index (κ2) is 22.0. The summed E-state index contributed by atoms with van der Waals surface area (Å²) in [5.74, 6) is 0. The molecule has 223 valence electrons. The van der Waals surface area contributed by atoms with Gasteiger partial charge < -0.3 is 14.9 Å². The van der Waals surface area contributed by atoms with Crippen LogP contribution >= 0.6 is 0 Å². The Morgan fingerprint density at radius 2 is 0.949 bits per heavy atom. The SMILES string of the molecule is CN(CCC[N-][Si](C)(C)C)CCC[N-][Si](C)(C)C.CN1CCC[N]([Si](C)(C)C)[GeH][N]([Si](C)(C)C)CCC1.[Li+].[Li+]. The Balaban J connectivity index is -0.000000633. The van der Waals surface area contributed by atoms with Gasteiger partial charge in [-0.1, -0.05) is 68.6 Å². The van der Waals surface area contributed by atoms with Crippen LogP contribution in [0.4, 0.5) is 0 Å². The van der Waals surface area contributed by atoms with Gasteiger partial charge >= 0.3 is 167 Å². The molecule has 0 unspecified atom stereocenters. The summed E-state index contributed by atoms with van der Waals surface area (Å²) in [6.07, 6.45) is 5.12. The molecule has 1 fully saturated rings. The predicted octanol–water partition coefficient (Wildman–Crippen LogP) is 0.376. The van der Waals surface area contributed by atoms with Crippen LogP contribution in [0, 0.1) is 0 Å². The third-order valence-electron chi connectivity index (χ3n) is 6.45. The van der Waals surface area contributed by atoms with Gasteiger partial charge in [0.1, 0.15) is 0 Å². The van der Waals surface area contributed by atoms with Crippen molar-refractivity contribution in [3.63, 3.8) is 0 Å². The molecule has 1 aliphatic heterocycles. The van der Waals surface area contributed by atoms with Gasteiger partial charge in [-0.25, -0.2) is 0 Å². The Kier molecular flexibility index (Phi) is 25.8. The van der Waals surface area contributed by atoms with Crippen LogP contribution < -0.4 is 37.7 Å². The van der Waals surface area contributed by atoms with Crippen LogP contribution in [0.2, 0.25) is 78.6 Å². The van der Waals surface area contributed by atoms with Crippen molar-refractivity contribution in [3.05, 3.63) is 9.96 Å². The zero-order chi connectivity index (χ0) is 28.9. The van der Waals surface area contributed by atoms with Crippen molar-refractivity contribution in [1.29, 1.82) is 0 Å². The topological polar surface area (TPSA) is 41.2 Å². The molecule has 1 heterocycles. The average molecular weight is 663 g/mol. The molecule has 0 amide bonds. The predicted molar refractivity (Wildman–Crippen MR) is 184 cm³/mol. The van der Waals surface area contributed by atoms with Crippen molar-refractivity contribution < 1.29 is 37.7 Å². The monoisotopic (exact) mass is 663 g/mol. The second-order valence-corrected chi connectivity index (χ2v) is 39.4. The van der Waals surface area contributed by atoms with Gasteiger partial charge in [0.2, 0.25) is 0 Å². The first kappa shape index (κ1) is 45.8. The van der Waals surface area contributed by atoms with Crippen LogP contribution in [-0.4, -0.2) is 132 Å². The Bertz CT molecular complexity index is 551. The van der Waals surface area contributed by atoms with E-state index in [1.165, 1.54) is 65.0 Å². The van der Waals surface area contributed by atoms with E-state index in [0.717, 1.165) is 13.1 Å². The zero-order valence-electron chi connectivity index (χ0n) is 29.7. The van der Waals surface area contributed by atoms with E-state index in [9.17, 15) is 0 Å². The molecule has 0 atom stereocenters. The van der Waals surface area contributed by atoms with E-state index in [-0.39, 0.29) is 37.7 Å². The molecular weight excluding hydrogens is 595 g/mol. The molecule has 0 aliphatic carbocycles. The van der Waals surface area contributed by atoms with Crippen LogP contribution in [0.5, 0.6) is 0 Å². The smallest absolute Gasteiger partial charge is 1.00 e. The van der Waals surface area contributed by atoms with Crippen molar-refractivity contribution in [1.82, 2.24) is 16.8 Å². The van der Waals surface area contributed by atoms with Gasteiger partial charge in [0, 0.05) is 0 Å². The molecule has 39 heavy (non-hydrogen) atoms. The summed E-state index contributed by atoms with van der Waals surface area (Å²) in [7, 11) is -0.125. The largest absolute Gasteiger partial charge is 1.00 e. The molecule has 0 spiro atoms. The Hall–Kier alpha value is 2.37. The molecule has 1 radical (unpaired) electrons. The standard InChI is InChI=1S/C13H34GeN3Si2.C13H33N3Si2.2Li/c1-15-10-8-12-16(18(2,3)4)14-17(13-9-11-15)19(5,6)7;1-16(12-8-10-14-17(2,3)4)13-9-11-15-18(5,6)7;;/h14H,8-13H2,1-7H3;8-13H2,1-7H3;;/q;-2;2*+1. The Labute approximate surface area is 281 Å². The summed E-state index contributed by atoms with van der Waals surface area (Å²) in [5, 5.41) is 0. The number of rotatable bonds is 12. The van der Waals surface area contributed by atoms with Crippen LogP contribution in [-0.2, 0) is 0 Å². The summed E-state index contributed by atoms with van der Waals surface area (Å²) >= 11 is -0.390. The second-order valence-electron chi connectivity index (χ2n) is 15.0. The van der Waals surface area contributed by atoms with Gasteiger partial charge in [0.25, 0.3) is 0 Å². The van der Waals surface area contributed by atoms with Gasteiger partial charge in [0.15, 0.2) is 0 Å². The molecule has 1 rings (SSSR count). The maximum atomic E-state index is 4.76. The fourth-order valence-corrected chi connectivity index (χ4v) is 16.4. The first-order valence-corrected chi connectivity index (χ1v) is 30.8. The summed E-state index contributed by atoms with van der Waals surface area (Å²) < 4.78 is 5.93. The van der Waals surface area contributed by atoms with Crippen LogP contribution in [0.3, 0.4) is 0 Å². The fourth-order valence-electron chi connectivity index (χ4n) is 4.06. The van der Waals surface area contributed by atoms with E-state index in [1.807, 2.05) is 0 Å². The summed E-state index contributed by atoms with van der Waals surface area (Å²) in [6.45, 7) is 38.7. The van der Waals surface area contributed by atoms with Gasteiger partial charge in [-0.05, 0) is 20.1 Å². The van der Waals surface area contributed by atoms with Gasteiger partial charge in [-0.3, -0.25) is 0 Å². The minimum absolute atomic E-state index is 0. The van der Waals surface area contributed by atoms with Crippen LogP contribution in [0.25, 0.3) is 9.96 Å². The summed E-state index contributed by atoms with van der Waals surface area (Å²) in [5.41, 5.74) is 0. The van der Waals surface area contributed by atoms with Crippen molar-refractivity contribution in [2.45, 2.75) is 104 Å². The van der Waals surface area contributed by atoms with Crippen molar-refractivity contribution in [2.75, 3.05) is 66.5 Å². The minimum Gasteiger partial charge on any atom is 1.00 e. The zero-order valence-corrected chi connectivity index (χ0v) is 36.2. The van der Waals surface area contributed by atoms with Crippen molar-refractivity contribution >= 4 is 48.8 Å². The quantitative estimate of drug-likeness (QED) is 0.224. The van der Waals surface area contributed by atoms with Gasteiger partial charge in [-0.15, -0.1) is 13.1 Å². The molecule has 0 aromatic heterocycles. The molecule has 0 bridgehead atoms. The fraction of sp³-hybridized carbons (Fsp3) is 1.00. The molecule has 13 heteroatoms. The van der Waals surface area contributed by atoms with E-state index in [2.05, 4.69) is 110 Å². The van der Waals surface area contributed by atoms with Crippen molar-refractivity contribution in [3.8, 4) is 0 Å². The molecule has 0 aromatic carbocycles. The van der Waals surface area contributed by atoms with Crippen molar-refractivity contribution in [2.24, 2.45) is 0 Å². The van der Waals surface area contributed by atoms with Gasteiger partial charge in [0.05, 0.1) is 0 Å². The van der Waals surface area contributed by atoms with E-state index in [0.29, 0.717) is 0 Å². The van der Waals surface area contributed by atoms with E-state index in [4.69, 9.17) is 9.96 Å². The molecule has 6 nitrogen and oxygen atoms in total. The Morgan fingerprint density at radius 1 is 0.615 bits per heavy atom. The average Bonchev–Trinajstić information content (AvgIpc) is 2.70. The molecule has 0 saturated carbocycles. The van der Waals surface area contributed by atoms with Crippen LogP contribution in [0.1, 0.15) is 25.7 Å². The number of nitrogens with zero attached hydrogens (tertiary/aromatic N) is 6. The third-order valence-corrected chi connectivity index (χ3v) is 25.9. The first-order valence-electron chi connectivity index (χ1n) is 14.8. The van der Waals surface area contributed by atoms with E-state index in [1.54, 1.807) is 0 Å². The first-order chi connectivity index (χ1) is 16.7. The van der Waals surface area contributed by atoms with Gasteiger partial charge in [-0.2, -0.15) is 0 Å². The maximum absolute atomic E-state index is 4.76. The minimum atomic E-state index is -1.19. The van der Waals surface area contributed by atoms with Crippen LogP contribution in [0.15, 0.2) is 0 Å². The summed E-state index contributed by atoms with van der Waals surface area (Å²) in [4.78, 5) is 14.5. The molecule has 1 aliphatic rings.